The summed E-state index contributed by atoms with van der Waals surface area (Å²) in [5.41, 5.74) is 1.27. The van der Waals surface area contributed by atoms with Crippen molar-refractivity contribution in [3.8, 4) is 0 Å². The van der Waals surface area contributed by atoms with Gasteiger partial charge in [0.15, 0.2) is 0 Å². The van der Waals surface area contributed by atoms with E-state index < -0.39 is 0 Å². The fraction of sp³-hybridized carbons (Fsp3) is 0.467. The maximum Gasteiger partial charge on any atom is 0.251 e. The van der Waals surface area contributed by atoms with Crippen molar-refractivity contribution >= 4 is 29.3 Å². The van der Waals surface area contributed by atoms with Crippen molar-refractivity contribution in [2.75, 3.05) is 18.5 Å². The van der Waals surface area contributed by atoms with Crippen LogP contribution in [0.3, 0.4) is 0 Å². The second-order valence-corrected chi connectivity index (χ2v) is 6.69. The van der Waals surface area contributed by atoms with E-state index in [1.54, 1.807) is 12.1 Å². The van der Waals surface area contributed by atoms with Gasteiger partial charge in [0.1, 0.15) is 0 Å². The van der Waals surface area contributed by atoms with Gasteiger partial charge in [-0.05, 0) is 38.0 Å². The molecule has 21 heavy (non-hydrogen) atoms. The first-order valence-electron chi connectivity index (χ1n) is 7.15. The van der Waals surface area contributed by atoms with E-state index in [0.29, 0.717) is 17.8 Å². The second-order valence-electron chi connectivity index (χ2n) is 5.31. The minimum atomic E-state index is -0.133. The second kappa shape index (κ2) is 6.07. The van der Waals surface area contributed by atoms with Crippen molar-refractivity contribution in [3.05, 3.63) is 23.8 Å². The van der Waals surface area contributed by atoms with Gasteiger partial charge in [-0.25, -0.2) is 0 Å². The van der Waals surface area contributed by atoms with Crippen molar-refractivity contribution < 1.29 is 14.3 Å². The van der Waals surface area contributed by atoms with E-state index in [9.17, 15) is 9.59 Å². The quantitative estimate of drug-likeness (QED) is 0.896. The zero-order chi connectivity index (χ0) is 14.8. The maximum atomic E-state index is 12.1. The molecule has 1 aromatic carbocycles. The number of rotatable bonds is 3. The number of carbonyl (C=O) groups excluding carboxylic acids is 2. The van der Waals surface area contributed by atoms with Gasteiger partial charge in [-0.15, -0.1) is 11.8 Å². The monoisotopic (exact) mass is 306 g/mol. The molecule has 3 rings (SSSR count). The molecule has 0 unspecified atom stereocenters. The molecule has 2 atom stereocenters. The molecule has 0 saturated carbocycles. The molecular weight excluding hydrogens is 288 g/mol. The van der Waals surface area contributed by atoms with Gasteiger partial charge >= 0.3 is 0 Å². The normalized spacial score (nSPS) is 24.3. The Morgan fingerprint density at radius 2 is 2.38 bits per heavy atom. The molecule has 2 amide bonds. The highest BCUT2D eigenvalue weighted by atomic mass is 32.2. The molecule has 0 radical (unpaired) electrons. The zero-order valence-electron chi connectivity index (χ0n) is 11.8. The Kier molecular flexibility index (Phi) is 4.17. The van der Waals surface area contributed by atoms with E-state index in [2.05, 4.69) is 10.6 Å². The Morgan fingerprint density at radius 3 is 3.14 bits per heavy atom. The van der Waals surface area contributed by atoms with Crippen LogP contribution in [-0.2, 0) is 9.53 Å². The highest BCUT2D eigenvalue weighted by Gasteiger charge is 2.24. The van der Waals surface area contributed by atoms with Crippen molar-refractivity contribution in [2.45, 2.75) is 36.0 Å². The zero-order valence-corrected chi connectivity index (χ0v) is 12.7. The third-order valence-corrected chi connectivity index (χ3v) is 4.86. The van der Waals surface area contributed by atoms with E-state index in [1.165, 1.54) is 11.8 Å². The molecule has 0 aliphatic carbocycles. The molecule has 1 aromatic rings. The van der Waals surface area contributed by atoms with E-state index in [1.807, 2.05) is 13.0 Å². The average Bonchev–Trinajstić information content (AvgIpc) is 2.99. The Balaban J connectivity index is 1.67. The van der Waals surface area contributed by atoms with Crippen LogP contribution < -0.4 is 10.6 Å². The number of hydrogen-bond acceptors (Lipinski definition) is 4. The van der Waals surface area contributed by atoms with Crippen molar-refractivity contribution in [1.82, 2.24) is 5.32 Å². The number of anilines is 1. The average molecular weight is 306 g/mol. The van der Waals surface area contributed by atoms with Crippen LogP contribution in [0.25, 0.3) is 0 Å². The number of ether oxygens (including phenoxy) is 1. The van der Waals surface area contributed by atoms with Crippen molar-refractivity contribution in [1.29, 1.82) is 0 Å². The van der Waals surface area contributed by atoms with Gasteiger partial charge in [0.2, 0.25) is 5.91 Å². The Labute approximate surface area is 127 Å². The number of thioether (sulfide) groups is 1. The summed E-state index contributed by atoms with van der Waals surface area (Å²) in [5.74, 6) is -0.157. The number of benzene rings is 1. The van der Waals surface area contributed by atoms with Crippen LogP contribution in [0.15, 0.2) is 23.1 Å². The van der Waals surface area contributed by atoms with E-state index in [0.717, 1.165) is 24.3 Å². The lowest BCUT2D eigenvalue weighted by molar-refractivity contribution is -0.115. The Bertz CT molecular complexity index is 570. The minimum absolute atomic E-state index is 0.0237. The van der Waals surface area contributed by atoms with Crippen LogP contribution in [0.4, 0.5) is 5.69 Å². The lowest BCUT2D eigenvalue weighted by atomic mass is 10.1. The summed E-state index contributed by atoms with van der Waals surface area (Å²) in [7, 11) is 0. The largest absolute Gasteiger partial charge is 0.376 e. The van der Waals surface area contributed by atoms with Crippen LogP contribution in [0.1, 0.15) is 30.1 Å². The topological polar surface area (TPSA) is 67.4 Å². The summed E-state index contributed by atoms with van der Waals surface area (Å²) < 4.78 is 5.48. The summed E-state index contributed by atoms with van der Waals surface area (Å²) >= 11 is 1.51. The molecule has 0 bridgehead atoms. The lowest BCUT2D eigenvalue weighted by Crippen LogP contribution is -2.32. The van der Waals surface area contributed by atoms with Gasteiger partial charge < -0.3 is 15.4 Å². The maximum absolute atomic E-state index is 12.1. The van der Waals surface area contributed by atoms with Crippen LogP contribution in [-0.4, -0.2) is 36.3 Å². The van der Waals surface area contributed by atoms with Gasteiger partial charge in [0, 0.05) is 23.6 Å². The van der Waals surface area contributed by atoms with Gasteiger partial charge in [-0.2, -0.15) is 0 Å². The molecule has 2 heterocycles. The van der Waals surface area contributed by atoms with Crippen molar-refractivity contribution in [3.63, 3.8) is 0 Å². The molecule has 5 nitrogen and oxygen atoms in total. The first-order chi connectivity index (χ1) is 10.1. The van der Waals surface area contributed by atoms with Gasteiger partial charge in [0.05, 0.1) is 17.0 Å². The minimum Gasteiger partial charge on any atom is -0.376 e. The Hall–Kier alpha value is -1.53. The van der Waals surface area contributed by atoms with Gasteiger partial charge in [-0.3, -0.25) is 9.59 Å². The molecule has 2 aliphatic heterocycles. The lowest BCUT2D eigenvalue weighted by Gasteiger charge is -2.21. The summed E-state index contributed by atoms with van der Waals surface area (Å²) in [6.07, 6.45) is 2.18. The van der Waals surface area contributed by atoms with Gasteiger partial charge in [-0.1, -0.05) is 0 Å². The van der Waals surface area contributed by atoms with Crippen molar-refractivity contribution in [2.24, 2.45) is 0 Å². The number of hydrogen-bond donors (Lipinski definition) is 2. The molecule has 112 valence electrons. The fourth-order valence-electron chi connectivity index (χ4n) is 2.46. The third-order valence-electron chi connectivity index (χ3n) is 3.69. The molecule has 1 saturated heterocycles. The highest BCUT2D eigenvalue weighted by Crippen LogP contribution is 2.35. The number of carbonyl (C=O) groups is 2. The highest BCUT2D eigenvalue weighted by molar-refractivity contribution is 8.00. The first-order valence-corrected chi connectivity index (χ1v) is 8.03. The predicted molar refractivity (Wildman–Crippen MR) is 81.7 cm³/mol. The predicted octanol–water partition coefficient (Wildman–Crippen LogP) is 2.03. The van der Waals surface area contributed by atoms with E-state index in [4.69, 9.17) is 4.74 Å². The molecule has 2 N–H and O–H groups in total. The molecule has 6 heteroatoms. The Morgan fingerprint density at radius 1 is 1.52 bits per heavy atom. The summed E-state index contributed by atoms with van der Waals surface area (Å²) in [4.78, 5) is 24.8. The van der Waals surface area contributed by atoms with Crippen LogP contribution in [0.2, 0.25) is 0 Å². The SMILES string of the molecule is C[C@@H]1Sc2ccc(C(=O)NC[C@@H]3CCCO3)cc2NC1=O. The number of nitrogens with one attached hydrogen (secondary N) is 2. The van der Waals surface area contributed by atoms with Crippen LogP contribution in [0.5, 0.6) is 0 Å². The van der Waals surface area contributed by atoms with Crippen LogP contribution in [0, 0.1) is 0 Å². The number of fused-ring (bicyclic) bond motifs is 1. The third kappa shape index (κ3) is 3.22. The first kappa shape index (κ1) is 14.4. The van der Waals surface area contributed by atoms with E-state index >= 15 is 0 Å². The molecular formula is C15H18N2O3S. The van der Waals surface area contributed by atoms with Gasteiger partial charge in [0.25, 0.3) is 5.91 Å². The van der Waals surface area contributed by atoms with Crippen LogP contribution >= 0.6 is 11.8 Å². The summed E-state index contributed by atoms with van der Waals surface area (Å²) in [5, 5.41) is 5.62. The molecule has 1 fully saturated rings. The smallest absolute Gasteiger partial charge is 0.251 e. The van der Waals surface area contributed by atoms with E-state index in [-0.39, 0.29) is 23.2 Å². The number of amides is 2. The fourth-order valence-corrected chi connectivity index (χ4v) is 3.39. The molecule has 0 spiro atoms. The molecule has 0 aromatic heterocycles. The summed E-state index contributed by atoms with van der Waals surface area (Å²) in [6.45, 7) is 3.18. The standard InChI is InChI=1S/C15H18N2O3S/c1-9-14(18)17-12-7-10(4-5-13(12)21-9)15(19)16-8-11-3-2-6-20-11/h4-5,7,9,11H,2-3,6,8H2,1H3,(H,16,19)(H,17,18)/t9-,11-/m0/s1. The summed E-state index contributed by atoms with van der Waals surface area (Å²) in [6, 6.07) is 5.41. The molecule has 2 aliphatic rings.